The molecule has 6 nitrogen and oxygen atoms in total. The number of imidazole rings is 1. The largest absolute Gasteiger partial charge is 0.342 e. The fourth-order valence-electron chi connectivity index (χ4n) is 3.04. The summed E-state index contributed by atoms with van der Waals surface area (Å²) in [4.78, 5) is 11.6. The van der Waals surface area contributed by atoms with E-state index in [9.17, 15) is 0 Å². The first kappa shape index (κ1) is 13.3. The summed E-state index contributed by atoms with van der Waals surface area (Å²) < 4.78 is 5.36. The Kier molecular flexibility index (Phi) is 4.11. The third kappa shape index (κ3) is 2.90. The van der Waals surface area contributed by atoms with Crippen LogP contribution in [0.25, 0.3) is 11.6 Å². The van der Waals surface area contributed by atoms with Crippen molar-refractivity contribution < 1.29 is 4.52 Å². The van der Waals surface area contributed by atoms with Gasteiger partial charge in [0.25, 0.3) is 0 Å². The maximum Gasteiger partial charge on any atom is 0.238 e. The third-order valence-corrected chi connectivity index (χ3v) is 4.01. The number of hydrogen-bond donors (Lipinski definition) is 2. The van der Waals surface area contributed by atoms with Crippen molar-refractivity contribution in [3.05, 3.63) is 18.3 Å². The zero-order chi connectivity index (χ0) is 13.8. The molecule has 0 radical (unpaired) electrons. The van der Waals surface area contributed by atoms with Gasteiger partial charge in [0.15, 0.2) is 5.82 Å². The van der Waals surface area contributed by atoms with Crippen LogP contribution in [-0.2, 0) is 6.42 Å². The van der Waals surface area contributed by atoms with Crippen molar-refractivity contribution in [2.75, 3.05) is 6.54 Å². The van der Waals surface area contributed by atoms with Crippen LogP contribution in [0.3, 0.4) is 0 Å². The molecule has 20 heavy (non-hydrogen) atoms. The van der Waals surface area contributed by atoms with Crippen LogP contribution in [0, 0.1) is 5.92 Å². The maximum atomic E-state index is 5.36. The molecule has 0 spiro atoms. The fraction of sp³-hybridized carbons (Fsp3) is 0.643. The first-order chi connectivity index (χ1) is 9.86. The Bertz CT molecular complexity index is 515. The molecule has 0 aliphatic heterocycles. The number of hydrogen-bond acceptors (Lipinski definition) is 5. The Balaban J connectivity index is 1.68. The number of nitrogens with zero attached hydrogens (tertiary/aromatic N) is 3. The predicted octanol–water partition coefficient (Wildman–Crippen LogP) is 2.17. The Morgan fingerprint density at radius 1 is 1.45 bits per heavy atom. The summed E-state index contributed by atoms with van der Waals surface area (Å²) in [7, 11) is 0. The van der Waals surface area contributed by atoms with Gasteiger partial charge < -0.3 is 14.8 Å². The highest BCUT2D eigenvalue weighted by Crippen LogP contribution is 2.29. The zero-order valence-corrected chi connectivity index (χ0v) is 11.8. The molecule has 0 saturated heterocycles. The van der Waals surface area contributed by atoms with E-state index >= 15 is 0 Å². The predicted molar refractivity (Wildman–Crippen MR) is 75.0 cm³/mol. The van der Waals surface area contributed by atoms with E-state index in [2.05, 4.69) is 32.3 Å². The van der Waals surface area contributed by atoms with Gasteiger partial charge in [0.2, 0.25) is 11.7 Å². The van der Waals surface area contributed by atoms with E-state index in [0.29, 0.717) is 23.6 Å². The molecule has 1 aliphatic carbocycles. The Labute approximate surface area is 118 Å². The van der Waals surface area contributed by atoms with Crippen LogP contribution < -0.4 is 5.32 Å². The van der Waals surface area contributed by atoms with E-state index in [4.69, 9.17) is 4.52 Å². The molecule has 1 aliphatic rings. The molecule has 1 unspecified atom stereocenters. The molecule has 0 amide bonds. The van der Waals surface area contributed by atoms with Gasteiger partial charge in [0.1, 0.15) is 0 Å². The van der Waals surface area contributed by atoms with Crippen LogP contribution >= 0.6 is 0 Å². The highest BCUT2D eigenvalue weighted by molar-refractivity contribution is 5.40. The summed E-state index contributed by atoms with van der Waals surface area (Å²) >= 11 is 0. The van der Waals surface area contributed by atoms with Crippen molar-refractivity contribution >= 4 is 0 Å². The van der Waals surface area contributed by atoms with Gasteiger partial charge in [-0.05, 0) is 25.3 Å². The molecule has 2 aromatic rings. The van der Waals surface area contributed by atoms with E-state index in [0.717, 1.165) is 18.9 Å². The zero-order valence-electron chi connectivity index (χ0n) is 11.8. The summed E-state index contributed by atoms with van der Waals surface area (Å²) in [6.07, 6.45) is 9.53. The quantitative estimate of drug-likeness (QED) is 0.844. The monoisotopic (exact) mass is 275 g/mol. The molecule has 1 saturated carbocycles. The third-order valence-electron chi connectivity index (χ3n) is 4.01. The van der Waals surface area contributed by atoms with Crippen LogP contribution in [-0.4, -0.2) is 32.7 Å². The van der Waals surface area contributed by atoms with Crippen LogP contribution in [0.1, 0.15) is 38.5 Å². The smallest absolute Gasteiger partial charge is 0.238 e. The second-order valence-corrected chi connectivity index (χ2v) is 5.36. The Morgan fingerprint density at radius 2 is 2.30 bits per heavy atom. The minimum Gasteiger partial charge on any atom is -0.342 e. The summed E-state index contributed by atoms with van der Waals surface area (Å²) in [6.45, 7) is 3.12. The maximum absolute atomic E-state index is 5.36. The van der Waals surface area contributed by atoms with E-state index in [-0.39, 0.29) is 0 Å². The molecule has 2 N–H and O–H groups in total. The highest BCUT2D eigenvalue weighted by atomic mass is 16.5. The molecule has 2 aromatic heterocycles. The molecule has 1 fully saturated rings. The van der Waals surface area contributed by atoms with Crippen LogP contribution in [0.15, 0.2) is 16.9 Å². The topological polar surface area (TPSA) is 79.6 Å². The summed E-state index contributed by atoms with van der Waals surface area (Å²) in [5.74, 6) is 2.61. The van der Waals surface area contributed by atoms with Crippen LogP contribution in [0.2, 0.25) is 0 Å². The minimum atomic E-state index is 0.437. The lowest BCUT2D eigenvalue weighted by Crippen LogP contribution is -2.37. The molecular formula is C14H21N5O. The number of H-pyrrole nitrogens is 1. The van der Waals surface area contributed by atoms with Gasteiger partial charge in [0, 0.05) is 24.9 Å². The van der Waals surface area contributed by atoms with Gasteiger partial charge in [-0.2, -0.15) is 4.98 Å². The van der Waals surface area contributed by atoms with Gasteiger partial charge in [-0.15, -0.1) is 0 Å². The highest BCUT2D eigenvalue weighted by Gasteiger charge is 2.26. The number of nitrogens with one attached hydrogen (secondary N) is 2. The van der Waals surface area contributed by atoms with Gasteiger partial charge in [-0.25, -0.2) is 4.98 Å². The van der Waals surface area contributed by atoms with E-state index in [1.54, 1.807) is 12.4 Å². The lowest BCUT2D eigenvalue weighted by Gasteiger charge is -2.22. The summed E-state index contributed by atoms with van der Waals surface area (Å²) in [6, 6.07) is 0.437. The van der Waals surface area contributed by atoms with Crippen molar-refractivity contribution in [1.82, 2.24) is 25.4 Å². The molecule has 0 aromatic carbocycles. The molecule has 3 rings (SSSR count). The molecule has 2 heterocycles. The average molecular weight is 275 g/mol. The SMILES string of the molecule is CCNC(Cc1nc(-c2ncc[nH]2)no1)C1CCCC1. The van der Waals surface area contributed by atoms with Crippen molar-refractivity contribution in [1.29, 1.82) is 0 Å². The van der Waals surface area contributed by atoms with E-state index in [1.165, 1.54) is 25.7 Å². The second-order valence-electron chi connectivity index (χ2n) is 5.36. The van der Waals surface area contributed by atoms with Crippen molar-refractivity contribution in [2.45, 2.75) is 45.1 Å². The Hall–Kier alpha value is -1.69. The number of aromatic nitrogens is 4. The molecule has 6 heteroatoms. The molecule has 1 atom stereocenters. The first-order valence-corrected chi connectivity index (χ1v) is 7.42. The minimum absolute atomic E-state index is 0.437. The van der Waals surface area contributed by atoms with E-state index in [1.807, 2.05) is 0 Å². The molecule has 0 bridgehead atoms. The molecular weight excluding hydrogens is 254 g/mol. The summed E-state index contributed by atoms with van der Waals surface area (Å²) in [5.41, 5.74) is 0. The standard InChI is InChI=1S/C14H21N5O/c1-2-15-11(10-5-3-4-6-10)9-12-18-14(19-20-12)13-16-7-8-17-13/h7-8,10-11,15H,2-6,9H2,1H3,(H,16,17). The number of likely N-dealkylation sites (N-methyl/N-ethyl adjacent to an activating group) is 1. The van der Waals surface area contributed by atoms with Gasteiger partial charge in [0.05, 0.1) is 0 Å². The lowest BCUT2D eigenvalue weighted by molar-refractivity contribution is 0.311. The van der Waals surface area contributed by atoms with Gasteiger partial charge >= 0.3 is 0 Å². The van der Waals surface area contributed by atoms with Crippen LogP contribution in [0.4, 0.5) is 0 Å². The Morgan fingerprint density at radius 3 is 3.00 bits per heavy atom. The second kappa shape index (κ2) is 6.17. The number of rotatable bonds is 6. The van der Waals surface area contributed by atoms with Crippen molar-refractivity contribution in [3.63, 3.8) is 0 Å². The normalized spacial score (nSPS) is 17.6. The van der Waals surface area contributed by atoms with Gasteiger partial charge in [-0.3, -0.25) is 0 Å². The van der Waals surface area contributed by atoms with Crippen LogP contribution in [0.5, 0.6) is 0 Å². The molecule has 108 valence electrons. The number of aromatic amines is 1. The van der Waals surface area contributed by atoms with Crippen molar-refractivity contribution in [2.24, 2.45) is 5.92 Å². The lowest BCUT2D eigenvalue weighted by atomic mass is 9.95. The average Bonchev–Trinajstić information content (AvgIpc) is 3.20. The van der Waals surface area contributed by atoms with E-state index < -0.39 is 0 Å². The van der Waals surface area contributed by atoms with Crippen molar-refractivity contribution in [3.8, 4) is 11.6 Å². The summed E-state index contributed by atoms with van der Waals surface area (Å²) in [5, 5.41) is 7.56. The fourth-order valence-corrected chi connectivity index (χ4v) is 3.04. The first-order valence-electron chi connectivity index (χ1n) is 7.42. The van der Waals surface area contributed by atoms with Gasteiger partial charge in [-0.1, -0.05) is 24.9 Å².